The van der Waals surface area contributed by atoms with Gasteiger partial charge in [0.25, 0.3) is 5.69 Å². The zero-order valence-electron chi connectivity index (χ0n) is 12.4. The maximum atomic E-state index is 14.0. The van der Waals surface area contributed by atoms with E-state index < -0.39 is 35.1 Å². The Morgan fingerprint density at radius 2 is 1.83 bits per heavy atom. The summed E-state index contributed by atoms with van der Waals surface area (Å²) in [5, 5.41) is 13.8. The van der Waals surface area contributed by atoms with Crippen LogP contribution in [0.2, 0.25) is 0 Å². The van der Waals surface area contributed by atoms with E-state index in [0.29, 0.717) is 26.2 Å². The molecule has 1 heterocycles. The van der Waals surface area contributed by atoms with Crippen molar-refractivity contribution in [2.75, 3.05) is 26.2 Å². The summed E-state index contributed by atoms with van der Waals surface area (Å²) in [6, 6.07) is 1.43. The van der Waals surface area contributed by atoms with Crippen LogP contribution in [0.5, 0.6) is 0 Å². The van der Waals surface area contributed by atoms with Crippen molar-refractivity contribution >= 4 is 30.5 Å². The summed E-state index contributed by atoms with van der Waals surface area (Å²) in [6.07, 6.45) is -5.74. The van der Waals surface area contributed by atoms with Crippen molar-refractivity contribution in [2.24, 2.45) is 0 Å². The van der Waals surface area contributed by atoms with Crippen LogP contribution < -0.4 is 5.32 Å². The zero-order valence-corrected chi connectivity index (χ0v) is 14.0. The van der Waals surface area contributed by atoms with Gasteiger partial charge in [0, 0.05) is 49.9 Å². The molecule has 1 aliphatic heterocycles. The summed E-state index contributed by atoms with van der Waals surface area (Å²) in [6.45, 7) is 1.63. The average molecular weight is 394 g/mol. The maximum Gasteiger partial charge on any atom is 0.390 e. The highest BCUT2D eigenvalue weighted by molar-refractivity contribution is 5.85. The highest BCUT2D eigenvalue weighted by atomic mass is 35.5. The van der Waals surface area contributed by atoms with E-state index in [1.807, 2.05) is 0 Å². The minimum atomic E-state index is -4.49. The van der Waals surface area contributed by atoms with Gasteiger partial charge in [0.05, 0.1) is 11.3 Å². The molecule has 0 radical (unpaired) electrons. The molecule has 1 aliphatic rings. The molecule has 2 rings (SSSR count). The van der Waals surface area contributed by atoms with Crippen molar-refractivity contribution in [3.8, 4) is 0 Å². The van der Waals surface area contributed by atoms with Gasteiger partial charge in [0.15, 0.2) is 0 Å². The van der Waals surface area contributed by atoms with Crippen molar-refractivity contribution in [1.29, 1.82) is 0 Å². The summed E-state index contributed by atoms with van der Waals surface area (Å²) in [5.41, 5.74) is -0.702. The Morgan fingerprint density at radius 1 is 1.25 bits per heavy atom. The van der Waals surface area contributed by atoms with E-state index in [-0.39, 0.29) is 30.4 Å². The molecule has 0 unspecified atom stereocenters. The molecular formula is C13H17Cl2F4N3O2. The molecule has 0 aromatic heterocycles. The minimum Gasteiger partial charge on any atom is -0.314 e. The van der Waals surface area contributed by atoms with Gasteiger partial charge < -0.3 is 5.32 Å². The lowest BCUT2D eigenvalue weighted by atomic mass is 9.99. The number of non-ortho nitro benzene ring substituents is 1. The molecule has 1 aromatic rings. The Hall–Kier alpha value is -1.16. The number of alkyl halides is 3. The molecule has 11 heteroatoms. The molecule has 1 aromatic carbocycles. The standard InChI is InChI=1S/C13H15F4N3O2.2ClH/c14-11-2-1-9(20(21)22)7-10(11)12(8-13(15,16)17)19-5-3-18-4-6-19;;/h1-2,7,12,18H,3-6,8H2;2*1H/t12-;;/m1../s1. The quantitative estimate of drug-likeness (QED) is 0.483. The van der Waals surface area contributed by atoms with E-state index in [9.17, 15) is 27.7 Å². The first-order valence-electron chi connectivity index (χ1n) is 6.73. The number of hydrogen-bond acceptors (Lipinski definition) is 4. The van der Waals surface area contributed by atoms with E-state index in [1.54, 1.807) is 0 Å². The third kappa shape index (κ3) is 6.04. The molecule has 5 nitrogen and oxygen atoms in total. The molecule has 0 spiro atoms. The van der Waals surface area contributed by atoms with Gasteiger partial charge in [0.2, 0.25) is 0 Å². The molecule has 0 saturated carbocycles. The minimum absolute atomic E-state index is 0. The Kier molecular flexibility index (Phi) is 8.90. The van der Waals surface area contributed by atoms with E-state index in [0.717, 1.165) is 18.2 Å². The number of nitrogens with zero attached hydrogens (tertiary/aromatic N) is 2. The SMILES string of the molecule is Cl.Cl.O=[N+]([O-])c1ccc(F)c([C@@H](CC(F)(F)F)N2CCNCC2)c1. The lowest BCUT2D eigenvalue weighted by molar-refractivity contribution is -0.385. The predicted molar refractivity (Wildman–Crippen MR) is 85.4 cm³/mol. The number of benzene rings is 1. The van der Waals surface area contributed by atoms with E-state index in [4.69, 9.17) is 0 Å². The highest BCUT2D eigenvalue weighted by Crippen LogP contribution is 2.36. The molecular weight excluding hydrogens is 377 g/mol. The van der Waals surface area contributed by atoms with E-state index >= 15 is 0 Å². The zero-order chi connectivity index (χ0) is 16.3. The summed E-state index contributed by atoms with van der Waals surface area (Å²) in [4.78, 5) is 11.5. The first-order valence-corrected chi connectivity index (χ1v) is 6.73. The van der Waals surface area contributed by atoms with Gasteiger partial charge in [-0.2, -0.15) is 13.2 Å². The van der Waals surface area contributed by atoms with Crippen LogP contribution in [-0.2, 0) is 0 Å². The second-order valence-electron chi connectivity index (χ2n) is 5.08. The Bertz CT molecular complexity index is 555. The molecule has 1 atom stereocenters. The number of nitrogens with one attached hydrogen (secondary N) is 1. The molecule has 0 amide bonds. The molecule has 0 bridgehead atoms. The summed E-state index contributed by atoms with van der Waals surface area (Å²) < 4.78 is 52.5. The van der Waals surface area contributed by atoms with Crippen molar-refractivity contribution in [2.45, 2.75) is 18.6 Å². The smallest absolute Gasteiger partial charge is 0.314 e. The fraction of sp³-hybridized carbons (Fsp3) is 0.538. The molecule has 1 saturated heterocycles. The van der Waals surface area contributed by atoms with Gasteiger partial charge in [0.1, 0.15) is 5.82 Å². The van der Waals surface area contributed by atoms with Gasteiger partial charge in [-0.15, -0.1) is 24.8 Å². The number of rotatable bonds is 4. The highest BCUT2D eigenvalue weighted by Gasteiger charge is 2.37. The van der Waals surface area contributed by atoms with Crippen LogP contribution in [0.4, 0.5) is 23.2 Å². The average Bonchev–Trinajstić information content (AvgIpc) is 2.45. The predicted octanol–water partition coefficient (Wildman–Crippen LogP) is 3.48. The van der Waals surface area contributed by atoms with Crippen molar-refractivity contribution in [1.82, 2.24) is 10.2 Å². The van der Waals surface area contributed by atoms with Crippen LogP contribution in [0, 0.1) is 15.9 Å². The normalized spacial score (nSPS) is 16.7. The summed E-state index contributed by atoms with van der Waals surface area (Å²) in [5.74, 6) is -0.863. The lowest BCUT2D eigenvalue weighted by Crippen LogP contribution is -2.46. The molecule has 0 aliphatic carbocycles. The summed E-state index contributed by atoms with van der Waals surface area (Å²) in [7, 11) is 0. The van der Waals surface area contributed by atoms with Crippen LogP contribution >= 0.6 is 24.8 Å². The first kappa shape index (κ1) is 22.8. The van der Waals surface area contributed by atoms with Gasteiger partial charge >= 0.3 is 6.18 Å². The van der Waals surface area contributed by atoms with Crippen LogP contribution in [0.15, 0.2) is 18.2 Å². The van der Waals surface area contributed by atoms with Crippen LogP contribution in [0.1, 0.15) is 18.0 Å². The van der Waals surface area contributed by atoms with Gasteiger partial charge in [-0.1, -0.05) is 0 Å². The second kappa shape index (κ2) is 9.36. The number of piperazine rings is 1. The third-order valence-electron chi connectivity index (χ3n) is 3.57. The topological polar surface area (TPSA) is 58.4 Å². The molecule has 1 fully saturated rings. The maximum absolute atomic E-state index is 14.0. The van der Waals surface area contributed by atoms with Gasteiger partial charge in [-0.3, -0.25) is 15.0 Å². The largest absolute Gasteiger partial charge is 0.390 e. The third-order valence-corrected chi connectivity index (χ3v) is 3.57. The molecule has 1 N–H and O–H groups in total. The molecule has 138 valence electrons. The lowest BCUT2D eigenvalue weighted by Gasteiger charge is -2.35. The number of hydrogen-bond donors (Lipinski definition) is 1. The number of nitro groups is 1. The van der Waals surface area contributed by atoms with Crippen molar-refractivity contribution in [3.05, 3.63) is 39.7 Å². The van der Waals surface area contributed by atoms with E-state index in [2.05, 4.69) is 5.32 Å². The fourth-order valence-corrected chi connectivity index (χ4v) is 2.55. The fourth-order valence-electron chi connectivity index (χ4n) is 2.55. The van der Waals surface area contributed by atoms with E-state index in [1.165, 1.54) is 4.90 Å². The van der Waals surface area contributed by atoms with Crippen LogP contribution in [0.25, 0.3) is 0 Å². The van der Waals surface area contributed by atoms with Gasteiger partial charge in [-0.05, 0) is 6.07 Å². The van der Waals surface area contributed by atoms with Gasteiger partial charge in [-0.25, -0.2) is 4.39 Å². The summed E-state index contributed by atoms with van der Waals surface area (Å²) >= 11 is 0. The second-order valence-corrected chi connectivity index (χ2v) is 5.08. The first-order chi connectivity index (χ1) is 10.3. The van der Waals surface area contributed by atoms with Crippen molar-refractivity contribution in [3.63, 3.8) is 0 Å². The number of halogens is 6. The number of nitro benzene ring substituents is 1. The Labute approximate surface area is 148 Å². The monoisotopic (exact) mass is 393 g/mol. The van der Waals surface area contributed by atoms with Crippen LogP contribution in [-0.4, -0.2) is 42.2 Å². The molecule has 24 heavy (non-hydrogen) atoms. The Balaban J connectivity index is 0.00000264. The Morgan fingerprint density at radius 3 is 2.33 bits per heavy atom. The van der Waals surface area contributed by atoms with Crippen LogP contribution in [0.3, 0.4) is 0 Å². The van der Waals surface area contributed by atoms with Crippen molar-refractivity contribution < 1.29 is 22.5 Å².